The third-order valence-electron chi connectivity index (χ3n) is 6.36. The lowest BCUT2D eigenvalue weighted by molar-refractivity contribution is -0.134. The highest BCUT2D eigenvalue weighted by molar-refractivity contribution is 5.98. The number of methoxy groups -OCH3 is 1. The highest BCUT2D eigenvalue weighted by Crippen LogP contribution is 2.25. The Kier molecular flexibility index (Phi) is 8.62. The summed E-state index contributed by atoms with van der Waals surface area (Å²) in [6.07, 6.45) is 1.05. The number of piperidine rings is 1. The third-order valence-corrected chi connectivity index (χ3v) is 6.36. The number of amides is 3. The van der Waals surface area contributed by atoms with Crippen molar-refractivity contribution in [3.05, 3.63) is 65.5 Å². The van der Waals surface area contributed by atoms with Gasteiger partial charge in [-0.15, -0.1) is 0 Å². The summed E-state index contributed by atoms with van der Waals surface area (Å²) in [6.45, 7) is 5.64. The minimum Gasteiger partial charge on any atom is -0.497 e. The molecule has 0 saturated carbocycles. The van der Waals surface area contributed by atoms with Gasteiger partial charge in [-0.25, -0.2) is 4.39 Å². The number of rotatable bonds is 8. The van der Waals surface area contributed by atoms with Gasteiger partial charge in [0.2, 0.25) is 5.91 Å². The molecule has 34 heavy (non-hydrogen) atoms. The molecule has 1 fully saturated rings. The van der Waals surface area contributed by atoms with Crippen LogP contribution in [0.4, 0.5) is 4.39 Å². The number of benzene rings is 2. The first kappa shape index (κ1) is 25.2. The zero-order valence-corrected chi connectivity index (χ0v) is 19.9. The molecule has 1 heterocycles. The van der Waals surface area contributed by atoms with E-state index in [4.69, 9.17) is 4.74 Å². The van der Waals surface area contributed by atoms with Crippen molar-refractivity contribution in [3.8, 4) is 5.75 Å². The number of hydrogen-bond donors (Lipinski definition) is 1. The van der Waals surface area contributed by atoms with E-state index in [1.54, 1.807) is 46.2 Å². The second-order valence-corrected chi connectivity index (χ2v) is 8.30. The van der Waals surface area contributed by atoms with Crippen LogP contribution in [-0.2, 0) is 4.79 Å². The molecule has 1 saturated heterocycles. The van der Waals surface area contributed by atoms with E-state index in [1.807, 2.05) is 13.8 Å². The SMILES string of the molecule is CCN(CC)C(=O)[C@H](NC(=O)c1cccc(OC)c1)C1CCN(C(=O)c2ccccc2F)CC1. The van der Waals surface area contributed by atoms with Crippen molar-refractivity contribution in [1.29, 1.82) is 0 Å². The molecule has 182 valence electrons. The average Bonchev–Trinajstić information content (AvgIpc) is 2.87. The summed E-state index contributed by atoms with van der Waals surface area (Å²) in [5, 5.41) is 2.94. The Labute approximate surface area is 199 Å². The first-order chi connectivity index (χ1) is 16.4. The second kappa shape index (κ2) is 11.6. The summed E-state index contributed by atoms with van der Waals surface area (Å²) in [5.41, 5.74) is 0.451. The van der Waals surface area contributed by atoms with Crippen LogP contribution in [-0.4, -0.2) is 66.9 Å². The van der Waals surface area contributed by atoms with E-state index in [9.17, 15) is 18.8 Å². The largest absolute Gasteiger partial charge is 0.497 e. The number of likely N-dealkylation sites (N-methyl/N-ethyl adjacent to an activating group) is 1. The lowest BCUT2D eigenvalue weighted by atomic mass is 9.87. The normalized spacial score (nSPS) is 14.9. The van der Waals surface area contributed by atoms with Gasteiger partial charge in [-0.05, 0) is 62.9 Å². The van der Waals surface area contributed by atoms with E-state index < -0.39 is 11.9 Å². The van der Waals surface area contributed by atoms with Gasteiger partial charge >= 0.3 is 0 Å². The van der Waals surface area contributed by atoms with E-state index in [-0.39, 0.29) is 29.2 Å². The van der Waals surface area contributed by atoms with Crippen LogP contribution in [0, 0.1) is 11.7 Å². The third kappa shape index (κ3) is 5.73. The molecular formula is C26H32FN3O4. The molecular weight excluding hydrogens is 437 g/mol. The maximum Gasteiger partial charge on any atom is 0.256 e. The summed E-state index contributed by atoms with van der Waals surface area (Å²) < 4.78 is 19.3. The fourth-order valence-electron chi connectivity index (χ4n) is 4.34. The maximum atomic E-state index is 14.1. The molecule has 1 aliphatic heterocycles. The number of ether oxygens (including phenoxy) is 1. The van der Waals surface area contributed by atoms with Crippen molar-refractivity contribution < 1.29 is 23.5 Å². The smallest absolute Gasteiger partial charge is 0.256 e. The minimum atomic E-state index is -0.718. The van der Waals surface area contributed by atoms with Crippen LogP contribution in [0.25, 0.3) is 0 Å². The molecule has 1 aliphatic rings. The Morgan fingerprint density at radius 2 is 1.76 bits per heavy atom. The zero-order valence-electron chi connectivity index (χ0n) is 19.9. The van der Waals surface area contributed by atoms with Crippen LogP contribution in [0.3, 0.4) is 0 Å². The number of halogens is 1. The van der Waals surface area contributed by atoms with Crippen LogP contribution in [0.2, 0.25) is 0 Å². The molecule has 0 radical (unpaired) electrons. The summed E-state index contributed by atoms with van der Waals surface area (Å²) in [5.74, 6) is -0.987. The van der Waals surface area contributed by atoms with E-state index in [0.29, 0.717) is 50.3 Å². The van der Waals surface area contributed by atoms with Crippen molar-refractivity contribution in [1.82, 2.24) is 15.1 Å². The summed E-state index contributed by atoms with van der Waals surface area (Å²) >= 11 is 0. The molecule has 0 bridgehead atoms. The minimum absolute atomic E-state index is 0.0445. The van der Waals surface area contributed by atoms with Crippen LogP contribution in [0.15, 0.2) is 48.5 Å². The average molecular weight is 470 g/mol. The van der Waals surface area contributed by atoms with Crippen molar-refractivity contribution in [2.24, 2.45) is 5.92 Å². The number of nitrogens with one attached hydrogen (secondary N) is 1. The van der Waals surface area contributed by atoms with Gasteiger partial charge in [-0.1, -0.05) is 18.2 Å². The lowest BCUT2D eigenvalue weighted by Gasteiger charge is -2.37. The first-order valence-corrected chi connectivity index (χ1v) is 11.7. The number of carbonyl (C=O) groups excluding carboxylic acids is 3. The van der Waals surface area contributed by atoms with Crippen molar-refractivity contribution in [2.45, 2.75) is 32.7 Å². The Morgan fingerprint density at radius 1 is 1.09 bits per heavy atom. The highest BCUT2D eigenvalue weighted by Gasteiger charge is 2.36. The summed E-state index contributed by atoms with van der Waals surface area (Å²) in [7, 11) is 1.53. The Morgan fingerprint density at radius 3 is 2.38 bits per heavy atom. The summed E-state index contributed by atoms with van der Waals surface area (Å²) in [4.78, 5) is 42.4. The van der Waals surface area contributed by atoms with Crippen LogP contribution < -0.4 is 10.1 Å². The molecule has 1 atom stereocenters. The topological polar surface area (TPSA) is 79.0 Å². The Bertz CT molecular complexity index is 1020. The standard InChI is InChI=1S/C26H32FN3O4/c1-4-29(5-2)26(33)23(28-24(31)19-9-8-10-20(17-19)34-3)18-13-15-30(16-14-18)25(32)21-11-6-7-12-22(21)27/h6-12,17-18,23H,4-5,13-16H2,1-3H3,(H,28,31)/t23-/m1/s1. The molecule has 2 aromatic rings. The Balaban J connectivity index is 1.75. The number of likely N-dealkylation sites (tertiary alicyclic amines) is 1. The predicted molar refractivity (Wildman–Crippen MR) is 127 cm³/mol. The molecule has 0 aliphatic carbocycles. The Hall–Kier alpha value is -3.42. The van der Waals surface area contributed by atoms with Gasteiger partial charge in [0, 0.05) is 31.7 Å². The number of carbonyl (C=O) groups is 3. The number of hydrogen-bond acceptors (Lipinski definition) is 4. The molecule has 0 unspecified atom stereocenters. The van der Waals surface area contributed by atoms with Crippen LogP contribution in [0.5, 0.6) is 5.75 Å². The van der Waals surface area contributed by atoms with Gasteiger partial charge < -0.3 is 19.9 Å². The van der Waals surface area contributed by atoms with Crippen molar-refractivity contribution in [2.75, 3.05) is 33.3 Å². The molecule has 1 N–H and O–H groups in total. The van der Waals surface area contributed by atoms with Gasteiger partial charge in [0.15, 0.2) is 0 Å². The lowest BCUT2D eigenvalue weighted by Crippen LogP contribution is -2.54. The van der Waals surface area contributed by atoms with E-state index in [1.165, 1.54) is 19.2 Å². The van der Waals surface area contributed by atoms with Gasteiger partial charge in [0.25, 0.3) is 11.8 Å². The monoisotopic (exact) mass is 469 g/mol. The fourth-order valence-corrected chi connectivity index (χ4v) is 4.34. The van der Waals surface area contributed by atoms with Crippen LogP contribution >= 0.6 is 0 Å². The van der Waals surface area contributed by atoms with Crippen molar-refractivity contribution >= 4 is 17.7 Å². The number of nitrogens with zero attached hydrogens (tertiary/aromatic N) is 2. The summed E-state index contributed by atoms with van der Waals surface area (Å²) in [6, 6.07) is 12.0. The molecule has 0 spiro atoms. The van der Waals surface area contributed by atoms with E-state index in [0.717, 1.165) is 0 Å². The quantitative estimate of drug-likeness (QED) is 0.643. The van der Waals surface area contributed by atoms with E-state index in [2.05, 4.69) is 5.32 Å². The fraction of sp³-hybridized carbons (Fsp3) is 0.423. The molecule has 3 rings (SSSR count). The first-order valence-electron chi connectivity index (χ1n) is 11.7. The highest BCUT2D eigenvalue weighted by atomic mass is 19.1. The molecule has 8 heteroatoms. The van der Waals surface area contributed by atoms with Gasteiger partial charge in [-0.2, -0.15) is 0 Å². The van der Waals surface area contributed by atoms with Crippen molar-refractivity contribution in [3.63, 3.8) is 0 Å². The van der Waals surface area contributed by atoms with Gasteiger partial charge in [-0.3, -0.25) is 14.4 Å². The van der Waals surface area contributed by atoms with Gasteiger partial charge in [0.1, 0.15) is 17.6 Å². The predicted octanol–water partition coefficient (Wildman–Crippen LogP) is 3.35. The zero-order chi connectivity index (χ0) is 24.7. The maximum absolute atomic E-state index is 14.1. The molecule has 3 amide bonds. The molecule has 2 aromatic carbocycles. The second-order valence-electron chi connectivity index (χ2n) is 8.30. The van der Waals surface area contributed by atoms with E-state index >= 15 is 0 Å². The molecule has 7 nitrogen and oxygen atoms in total. The van der Waals surface area contributed by atoms with Gasteiger partial charge in [0.05, 0.1) is 12.7 Å². The van der Waals surface area contributed by atoms with Crippen LogP contribution in [0.1, 0.15) is 47.4 Å². The molecule has 0 aromatic heterocycles.